The number of nitrogens with one attached hydrogen (secondary N) is 1. The van der Waals surface area contributed by atoms with Gasteiger partial charge in [0.15, 0.2) is 0 Å². The zero-order chi connectivity index (χ0) is 10.3. The van der Waals surface area contributed by atoms with Gasteiger partial charge in [-0.3, -0.25) is 9.59 Å². The van der Waals surface area contributed by atoms with Crippen molar-refractivity contribution in [3.63, 3.8) is 0 Å². The lowest BCUT2D eigenvalue weighted by Crippen LogP contribution is -2.46. The third-order valence-electron chi connectivity index (χ3n) is 2.93. The maximum atomic E-state index is 11.8. The van der Waals surface area contributed by atoms with Crippen molar-refractivity contribution < 1.29 is 9.59 Å². The minimum Gasteiger partial charge on any atom is -0.349 e. The number of rotatable bonds is 0. The van der Waals surface area contributed by atoms with Gasteiger partial charge in [-0.15, -0.1) is 0 Å². The quantitative estimate of drug-likeness (QED) is 0.605. The van der Waals surface area contributed by atoms with E-state index < -0.39 is 5.54 Å². The van der Waals surface area contributed by atoms with Crippen molar-refractivity contribution in [2.45, 2.75) is 44.7 Å². The summed E-state index contributed by atoms with van der Waals surface area (Å²) >= 11 is 0. The molecule has 0 aliphatic carbocycles. The zero-order valence-electron chi connectivity index (χ0n) is 8.67. The van der Waals surface area contributed by atoms with Gasteiger partial charge < -0.3 is 10.2 Å². The molecule has 14 heavy (non-hydrogen) atoms. The smallest absolute Gasteiger partial charge is 0.243 e. The van der Waals surface area contributed by atoms with Crippen molar-refractivity contribution in [3.05, 3.63) is 0 Å². The van der Waals surface area contributed by atoms with Gasteiger partial charge in [0.25, 0.3) is 0 Å². The predicted octanol–water partition coefficient (Wildman–Crippen LogP) is 0.276. The van der Waals surface area contributed by atoms with E-state index >= 15 is 0 Å². The van der Waals surface area contributed by atoms with Crippen LogP contribution < -0.4 is 5.32 Å². The summed E-state index contributed by atoms with van der Waals surface area (Å²) in [4.78, 5) is 25.3. The van der Waals surface area contributed by atoms with Gasteiger partial charge in [0, 0.05) is 18.5 Å². The molecule has 78 valence electrons. The molecule has 1 atom stereocenters. The van der Waals surface area contributed by atoms with Gasteiger partial charge in [-0.1, -0.05) is 0 Å². The number of amides is 2. The first-order valence-electron chi connectivity index (χ1n) is 5.11. The second kappa shape index (κ2) is 2.97. The lowest BCUT2D eigenvalue weighted by molar-refractivity contribution is -0.135. The summed E-state index contributed by atoms with van der Waals surface area (Å²) in [7, 11) is 0. The molecule has 2 aliphatic heterocycles. The molecule has 0 aromatic rings. The average Bonchev–Trinajstić information content (AvgIpc) is 2.45. The molecular weight excluding hydrogens is 180 g/mol. The van der Waals surface area contributed by atoms with Gasteiger partial charge in [0.2, 0.25) is 11.8 Å². The third-order valence-corrected chi connectivity index (χ3v) is 2.93. The molecule has 0 aromatic heterocycles. The molecule has 2 fully saturated rings. The molecule has 2 aliphatic rings. The number of fused-ring (bicyclic) bond motifs is 1. The van der Waals surface area contributed by atoms with Crippen LogP contribution in [-0.2, 0) is 9.59 Å². The fourth-order valence-electron chi connectivity index (χ4n) is 2.28. The summed E-state index contributed by atoms with van der Waals surface area (Å²) in [6.07, 6.45) is 2.17. The molecule has 0 bridgehead atoms. The van der Waals surface area contributed by atoms with Crippen molar-refractivity contribution in [1.29, 1.82) is 0 Å². The van der Waals surface area contributed by atoms with Crippen LogP contribution in [0.25, 0.3) is 0 Å². The molecule has 4 nitrogen and oxygen atoms in total. The maximum Gasteiger partial charge on any atom is 0.243 e. The first-order chi connectivity index (χ1) is 6.49. The molecule has 0 saturated carbocycles. The van der Waals surface area contributed by atoms with E-state index in [1.54, 1.807) is 4.90 Å². The minimum atomic E-state index is -0.390. The number of carbonyl (C=O) groups is 2. The largest absolute Gasteiger partial charge is 0.349 e. The maximum absolute atomic E-state index is 11.8. The SMILES string of the molecule is CC1(C)CC(=O)N2CCC[C@@H]2C(=O)N1. The summed E-state index contributed by atoms with van der Waals surface area (Å²) in [6.45, 7) is 4.53. The molecule has 2 amide bonds. The summed E-state index contributed by atoms with van der Waals surface area (Å²) in [6, 6.07) is -0.204. The molecule has 1 N–H and O–H groups in total. The lowest BCUT2D eigenvalue weighted by atomic mass is 10.0. The van der Waals surface area contributed by atoms with Gasteiger partial charge >= 0.3 is 0 Å². The fraction of sp³-hybridized carbons (Fsp3) is 0.800. The van der Waals surface area contributed by atoms with E-state index in [1.807, 2.05) is 13.8 Å². The van der Waals surface area contributed by atoms with Crippen LogP contribution in [0.15, 0.2) is 0 Å². The highest BCUT2D eigenvalue weighted by molar-refractivity contribution is 5.91. The van der Waals surface area contributed by atoms with Crippen LogP contribution >= 0.6 is 0 Å². The lowest BCUT2D eigenvalue weighted by Gasteiger charge is -2.22. The van der Waals surface area contributed by atoms with E-state index in [4.69, 9.17) is 0 Å². The predicted molar refractivity (Wildman–Crippen MR) is 51.6 cm³/mol. The Labute approximate surface area is 83.6 Å². The monoisotopic (exact) mass is 196 g/mol. The van der Waals surface area contributed by atoms with Crippen LogP contribution in [0.4, 0.5) is 0 Å². The normalized spacial score (nSPS) is 31.0. The average molecular weight is 196 g/mol. The summed E-state index contributed by atoms with van der Waals surface area (Å²) in [5, 5.41) is 2.92. The number of hydrogen-bond acceptors (Lipinski definition) is 2. The van der Waals surface area contributed by atoms with Crippen molar-refractivity contribution in [3.8, 4) is 0 Å². The van der Waals surface area contributed by atoms with Crippen LogP contribution in [0.5, 0.6) is 0 Å². The fourth-order valence-corrected chi connectivity index (χ4v) is 2.28. The second-order valence-electron chi connectivity index (χ2n) is 4.80. The van der Waals surface area contributed by atoms with E-state index in [-0.39, 0.29) is 17.9 Å². The highest BCUT2D eigenvalue weighted by Crippen LogP contribution is 2.24. The number of carbonyl (C=O) groups excluding carboxylic acids is 2. The van der Waals surface area contributed by atoms with Crippen LogP contribution in [0.2, 0.25) is 0 Å². The van der Waals surface area contributed by atoms with E-state index in [9.17, 15) is 9.59 Å². The number of hydrogen-bond donors (Lipinski definition) is 1. The van der Waals surface area contributed by atoms with E-state index in [0.29, 0.717) is 6.42 Å². The Morgan fingerprint density at radius 2 is 2.14 bits per heavy atom. The molecule has 2 rings (SSSR count). The highest BCUT2D eigenvalue weighted by atomic mass is 16.2. The Morgan fingerprint density at radius 3 is 2.86 bits per heavy atom. The zero-order valence-corrected chi connectivity index (χ0v) is 8.67. The van der Waals surface area contributed by atoms with Gasteiger partial charge in [-0.25, -0.2) is 0 Å². The van der Waals surface area contributed by atoms with Crippen LogP contribution in [0, 0.1) is 0 Å². The molecule has 0 radical (unpaired) electrons. The molecule has 2 saturated heterocycles. The molecular formula is C10H16N2O2. The molecule has 0 unspecified atom stereocenters. The Hall–Kier alpha value is -1.06. The van der Waals surface area contributed by atoms with Crippen molar-refractivity contribution in [2.24, 2.45) is 0 Å². The third kappa shape index (κ3) is 1.49. The summed E-state index contributed by atoms with van der Waals surface area (Å²) in [5.74, 6) is 0.120. The standard InChI is InChI=1S/C10H16N2O2/c1-10(2)6-8(13)12-5-3-4-7(12)9(14)11-10/h7H,3-6H2,1-2H3,(H,11,14)/t7-/m1/s1. The van der Waals surface area contributed by atoms with Crippen LogP contribution in [0.3, 0.4) is 0 Å². The van der Waals surface area contributed by atoms with Gasteiger partial charge in [0.05, 0.1) is 0 Å². The van der Waals surface area contributed by atoms with E-state index in [0.717, 1.165) is 19.4 Å². The van der Waals surface area contributed by atoms with E-state index in [1.165, 1.54) is 0 Å². The second-order valence-corrected chi connectivity index (χ2v) is 4.80. The van der Waals surface area contributed by atoms with Crippen molar-refractivity contribution in [2.75, 3.05) is 6.54 Å². The number of nitrogens with zero attached hydrogens (tertiary/aromatic N) is 1. The molecule has 2 heterocycles. The molecule has 0 aromatic carbocycles. The van der Waals surface area contributed by atoms with E-state index in [2.05, 4.69) is 5.32 Å². The Morgan fingerprint density at radius 1 is 1.43 bits per heavy atom. The summed E-state index contributed by atoms with van der Waals surface area (Å²) in [5.41, 5.74) is -0.390. The highest BCUT2D eigenvalue weighted by Gasteiger charge is 2.41. The topological polar surface area (TPSA) is 49.4 Å². The van der Waals surface area contributed by atoms with Gasteiger partial charge in [-0.05, 0) is 26.7 Å². The minimum absolute atomic E-state index is 0.0124. The van der Waals surface area contributed by atoms with Crippen LogP contribution in [0.1, 0.15) is 33.1 Å². The Balaban J connectivity index is 2.26. The van der Waals surface area contributed by atoms with Gasteiger partial charge in [0.1, 0.15) is 6.04 Å². The Bertz CT molecular complexity index is 260. The first kappa shape index (κ1) is 9.49. The first-order valence-corrected chi connectivity index (χ1v) is 5.11. The Kier molecular flexibility index (Phi) is 2.01. The molecule has 0 spiro atoms. The molecule has 4 heteroatoms. The summed E-state index contributed by atoms with van der Waals surface area (Å²) < 4.78 is 0. The van der Waals surface area contributed by atoms with Crippen LogP contribution in [-0.4, -0.2) is 34.8 Å². The van der Waals surface area contributed by atoms with Crippen molar-refractivity contribution in [1.82, 2.24) is 10.2 Å². The van der Waals surface area contributed by atoms with Crippen molar-refractivity contribution >= 4 is 11.8 Å². The van der Waals surface area contributed by atoms with Gasteiger partial charge in [-0.2, -0.15) is 0 Å².